The Kier molecular flexibility index (Phi) is 6.14. The Morgan fingerprint density at radius 1 is 1.25 bits per heavy atom. The topological polar surface area (TPSA) is 88.4 Å². The molecule has 0 atom stereocenters. The summed E-state index contributed by atoms with van der Waals surface area (Å²) in [6.07, 6.45) is 6.49. The summed E-state index contributed by atoms with van der Waals surface area (Å²) in [6.45, 7) is 5.36. The van der Waals surface area contributed by atoms with Crippen LogP contribution in [0.4, 0.5) is 0 Å². The second kappa shape index (κ2) is 8.40. The summed E-state index contributed by atoms with van der Waals surface area (Å²) in [5.41, 5.74) is 1.42. The minimum atomic E-state index is -3.23. The zero-order chi connectivity index (χ0) is 20.3. The van der Waals surface area contributed by atoms with Crippen molar-refractivity contribution in [3.8, 4) is 5.82 Å². The van der Waals surface area contributed by atoms with E-state index in [0.717, 1.165) is 5.69 Å². The number of rotatable bonds is 6. The van der Waals surface area contributed by atoms with Gasteiger partial charge >= 0.3 is 0 Å². The van der Waals surface area contributed by atoms with E-state index in [1.807, 2.05) is 32.0 Å². The molecule has 0 saturated carbocycles. The number of amides is 1. The van der Waals surface area contributed by atoms with Crippen molar-refractivity contribution in [1.82, 2.24) is 24.0 Å². The van der Waals surface area contributed by atoms with Gasteiger partial charge in [0.15, 0.2) is 5.82 Å². The number of nitrogens with zero attached hydrogens (tertiary/aromatic N) is 5. The van der Waals surface area contributed by atoms with Crippen molar-refractivity contribution >= 4 is 15.9 Å². The molecular formula is C19H27N5O3S. The molecule has 1 aliphatic heterocycles. The summed E-state index contributed by atoms with van der Waals surface area (Å²) in [4.78, 5) is 19.2. The zero-order valence-electron chi connectivity index (χ0n) is 16.6. The van der Waals surface area contributed by atoms with Crippen LogP contribution in [-0.2, 0) is 16.4 Å². The van der Waals surface area contributed by atoms with Crippen LogP contribution < -0.4 is 0 Å². The van der Waals surface area contributed by atoms with Gasteiger partial charge in [0.2, 0.25) is 10.0 Å². The number of sulfonamides is 1. The monoisotopic (exact) mass is 405 g/mol. The standard InChI is InChI=1S/C19H27N5O3S/c1-4-17-16(14-21-24(17)18-8-6-7-11-20-18)19(25)22-12-9-15(10-13-22)23(5-2)28(3,26)27/h6-8,11,14-15H,4-5,9-10,12-13H2,1-3H3. The van der Waals surface area contributed by atoms with Crippen molar-refractivity contribution in [2.75, 3.05) is 25.9 Å². The third-order valence-electron chi connectivity index (χ3n) is 5.20. The molecule has 1 aliphatic rings. The highest BCUT2D eigenvalue weighted by atomic mass is 32.2. The maximum Gasteiger partial charge on any atom is 0.257 e. The van der Waals surface area contributed by atoms with Crippen LogP contribution in [0.1, 0.15) is 42.7 Å². The number of likely N-dealkylation sites (tertiary alicyclic amines) is 1. The number of carbonyl (C=O) groups is 1. The van der Waals surface area contributed by atoms with Crippen LogP contribution in [0, 0.1) is 0 Å². The van der Waals surface area contributed by atoms with Gasteiger partial charge in [-0.2, -0.15) is 9.40 Å². The number of pyridine rings is 1. The fraction of sp³-hybridized carbons (Fsp3) is 0.526. The van der Waals surface area contributed by atoms with E-state index in [9.17, 15) is 13.2 Å². The van der Waals surface area contributed by atoms with Gasteiger partial charge in [-0.3, -0.25) is 4.79 Å². The Labute approximate surface area is 166 Å². The Hall–Kier alpha value is -2.26. The Bertz CT molecular complexity index is 918. The van der Waals surface area contributed by atoms with Crippen molar-refractivity contribution < 1.29 is 13.2 Å². The molecule has 1 saturated heterocycles. The van der Waals surface area contributed by atoms with E-state index >= 15 is 0 Å². The number of piperidine rings is 1. The van der Waals surface area contributed by atoms with E-state index in [4.69, 9.17) is 0 Å². The number of hydrogen-bond acceptors (Lipinski definition) is 5. The molecule has 0 aliphatic carbocycles. The lowest BCUT2D eigenvalue weighted by molar-refractivity contribution is 0.0679. The summed E-state index contributed by atoms with van der Waals surface area (Å²) < 4.78 is 27.1. The van der Waals surface area contributed by atoms with Gasteiger partial charge in [0.05, 0.1) is 23.7 Å². The predicted molar refractivity (Wildman–Crippen MR) is 107 cm³/mol. The summed E-state index contributed by atoms with van der Waals surface area (Å²) in [5.74, 6) is 0.628. The van der Waals surface area contributed by atoms with Crippen LogP contribution in [-0.4, -0.2) is 70.2 Å². The first-order chi connectivity index (χ1) is 13.4. The first-order valence-corrected chi connectivity index (χ1v) is 11.5. The molecule has 0 spiro atoms. The van der Waals surface area contributed by atoms with Crippen molar-refractivity contribution in [3.05, 3.63) is 41.9 Å². The van der Waals surface area contributed by atoms with Crippen molar-refractivity contribution in [2.24, 2.45) is 0 Å². The van der Waals surface area contributed by atoms with E-state index in [-0.39, 0.29) is 11.9 Å². The third-order valence-corrected chi connectivity index (χ3v) is 6.61. The highest BCUT2D eigenvalue weighted by Gasteiger charge is 2.32. The molecule has 8 nitrogen and oxygen atoms in total. The van der Waals surface area contributed by atoms with Gasteiger partial charge in [0.1, 0.15) is 0 Å². The lowest BCUT2D eigenvalue weighted by Crippen LogP contribution is -2.48. The zero-order valence-corrected chi connectivity index (χ0v) is 17.4. The first-order valence-electron chi connectivity index (χ1n) is 9.61. The molecule has 3 heterocycles. The lowest BCUT2D eigenvalue weighted by atomic mass is 10.0. The summed E-state index contributed by atoms with van der Waals surface area (Å²) >= 11 is 0. The van der Waals surface area contributed by atoms with Crippen LogP contribution in [0.2, 0.25) is 0 Å². The average Bonchev–Trinajstić information content (AvgIpc) is 3.12. The number of carbonyl (C=O) groups excluding carboxylic acids is 1. The van der Waals surface area contributed by atoms with Gasteiger partial charge in [0.25, 0.3) is 5.91 Å². The molecule has 0 aromatic carbocycles. The molecule has 2 aromatic rings. The van der Waals surface area contributed by atoms with E-state index in [2.05, 4.69) is 10.1 Å². The van der Waals surface area contributed by atoms with Crippen LogP contribution in [0.25, 0.3) is 5.82 Å². The molecule has 3 rings (SSSR count). The maximum absolute atomic E-state index is 13.1. The van der Waals surface area contributed by atoms with Crippen molar-refractivity contribution in [2.45, 2.75) is 39.2 Å². The molecular weight excluding hydrogens is 378 g/mol. The fourth-order valence-electron chi connectivity index (χ4n) is 3.86. The molecule has 28 heavy (non-hydrogen) atoms. The molecule has 0 bridgehead atoms. The average molecular weight is 406 g/mol. The SMILES string of the molecule is CCc1c(C(=O)N2CCC(N(CC)S(C)(=O)=O)CC2)cnn1-c1ccccn1. The molecule has 0 radical (unpaired) electrons. The van der Waals surface area contributed by atoms with Gasteiger partial charge in [0, 0.05) is 31.9 Å². The van der Waals surface area contributed by atoms with E-state index < -0.39 is 10.0 Å². The third kappa shape index (κ3) is 4.10. The Balaban J connectivity index is 1.75. The summed E-state index contributed by atoms with van der Waals surface area (Å²) in [6, 6.07) is 5.53. The highest BCUT2D eigenvalue weighted by Crippen LogP contribution is 2.22. The normalized spacial score (nSPS) is 15.9. The largest absolute Gasteiger partial charge is 0.338 e. The van der Waals surface area contributed by atoms with Gasteiger partial charge in [-0.15, -0.1) is 0 Å². The molecule has 1 amide bonds. The smallest absolute Gasteiger partial charge is 0.257 e. The van der Waals surface area contributed by atoms with Crippen LogP contribution in [0.5, 0.6) is 0 Å². The first kappa shape index (κ1) is 20.5. The van der Waals surface area contributed by atoms with Crippen molar-refractivity contribution in [3.63, 3.8) is 0 Å². The van der Waals surface area contributed by atoms with E-state index in [0.29, 0.717) is 50.3 Å². The quantitative estimate of drug-likeness (QED) is 0.730. The second-order valence-electron chi connectivity index (χ2n) is 6.95. The maximum atomic E-state index is 13.1. The highest BCUT2D eigenvalue weighted by molar-refractivity contribution is 7.88. The van der Waals surface area contributed by atoms with Crippen LogP contribution >= 0.6 is 0 Å². The van der Waals surface area contributed by atoms with Gasteiger partial charge in [-0.25, -0.2) is 18.1 Å². The van der Waals surface area contributed by atoms with E-state index in [1.54, 1.807) is 22.0 Å². The molecule has 0 unspecified atom stereocenters. The molecule has 0 N–H and O–H groups in total. The number of hydrogen-bond donors (Lipinski definition) is 0. The van der Waals surface area contributed by atoms with Crippen LogP contribution in [0.3, 0.4) is 0 Å². The molecule has 9 heteroatoms. The van der Waals surface area contributed by atoms with Gasteiger partial charge in [-0.05, 0) is 31.4 Å². The van der Waals surface area contributed by atoms with Crippen LogP contribution in [0.15, 0.2) is 30.6 Å². The Morgan fingerprint density at radius 2 is 1.96 bits per heavy atom. The molecule has 1 fully saturated rings. The Morgan fingerprint density at radius 3 is 2.50 bits per heavy atom. The summed E-state index contributed by atoms with van der Waals surface area (Å²) in [7, 11) is -3.23. The molecule has 2 aromatic heterocycles. The predicted octanol–water partition coefficient (Wildman–Crippen LogP) is 1.72. The summed E-state index contributed by atoms with van der Waals surface area (Å²) in [5, 5.41) is 4.38. The van der Waals surface area contributed by atoms with Gasteiger partial charge in [-0.1, -0.05) is 19.9 Å². The minimum Gasteiger partial charge on any atom is -0.338 e. The molecule has 152 valence electrons. The minimum absolute atomic E-state index is 0.0501. The lowest BCUT2D eigenvalue weighted by Gasteiger charge is -2.36. The number of aromatic nitrogens is 3. The van der Waals surface area contributed by atoms with Crippen molar-refractivity contribution in [1.29, 1.82) is 0 Å². The fourth-order valence-corrected chi connectivity index (χ4v) is 5.08. The second-order valence-corrected chi connectivity index (χ2v) is 8.88. The van der Waals surface area contributed by atoms with E-state index in [1.165, 1.54) is 10.6 Å². The van der Waals surface area contributed by atoms with Gasteiger partial charge < -0.3 is 4.90 Å².